The van der Waals surface area contributed by atoms with Gasteiger partial charge in [-0.3, -0.25) is 28.2 Å². The van der Waals surface area contributed by atoms with Gasteiger partial charge in [-0.25, -0.2) is 4.57 Å². The minimum atomic E-state index is -5.18. The highest BCUT2D eigenvalue weighted by molar-refractivity contribution is 7.47. The number of unbranched alkanes of at least 4 members (excludes halogenated alkanes) is 31. The van der Waals surface area contributed by atoms with Crippen molar-refractivity contribution in [3.05, 3.63) is 0 Å². The van der Waals surface area contributed by atoms with E-state index >= 15 is 0 Å². The molecule has 1 fully saturated rings. The molecule has 490 valence electrons. The Morgan fingerprint density at radius 1 is 0.518 bits per heavy atom. The van der Waals surface area contributed by atoms with Gasteiger partial charge in [0.2, 0.25) is 5.91 Å². The van der Waals surface area contributed by atoms with Crippen LogP contribution < -0.4 is 10.6 Å². The van der Waals surface area contributed by atoms with E-state index in [9.17, 15) is 44.0 Å². The molecule has 8 atom stereocenters. The molecule has 0 saturated carbocycles. The first-order chi connectivity index (χ1) is 39.8. The van der Waals surface area contributed by atoms with Crippen molar-refractivity contribution in [1.29, 1.82) is 0 Å². The third kappa shape index (κ3) is 45.7. The summed E-state index contributed by atoms with van der Waals surface area (Å²) in [6, 6.07) is -1.36. The van der Waals surface area contributed by atoms with Crippen LogP contribution in [0, 0.1) is 17.8 Å². The van der Waals surface area contributed by atoms with Crippen LogP contribution in [0.1, 0.15) is 299 Å². The second kappa shape index (κ2) is 51.8. The van der Waals surface area contributed by atoms with E-state index in [0.29, 0.717) is 19.3 Å². The second-order valence-electron chi connectivity index (χ2n) is 25.3. The van der Waals surface area contributed by atoms with Crippen molar-refractivity contribution in [3.63, 3.8) is 0 Å². The summed E-state index contributed by atoms with van der Waals surface area (Å²) in [7, 11) is -5.18. The fourth-order valence-corrected chi connectivity index (χ4v) is 11.4. The van der Waals surface area contributed by atoms with Crippen LogP contribution in [0.2, 0.25) is 0 Å². The van der Waals surface area contributed by atoms with Gasteiger partial charge in [-0.2, -0.15) is 0 Å². The zero-order chi connectivity index (χ0) is 61.4. The number of hydrogen-bond acceptors (Lipinski definition) is 14. The number of rotatable bonds is 57. The first-order valence-corrected chi connectivity index (χ1v) is 35.1. The molecule has 6 N–H and O–H groups in total. The highest BCUT2D eigenvalue weighted by atomic mass is 31.2. The van der Waals surface area contributed by atoms with Gasteiger partial charge < -0.3 is 49.8 Å². The standard InChI is InChI=1S/C65H125N2O15P/c1-52(2)42-36-30-24-18-12-8-9-17-23-29-35-41-47-66-64(74)58(51-78-65-61(67-55(7)69)63(73)62(72)57(48-68)81-65)82-83(75,76)79-50-56(80-60(71)46-40-34-28-22-16-11-14-20-26-32-38-44-54(5)6)49-77-59(70)45-39-33-27-21-15-10-13-19-25-31-37-43-53(3)4/h52-54,56-58,61-63,65,68,72-73H,8-51H2,1-7H3,(H,66,74)(H,67,69)(H,75,76)/t56-,57-,58-,61-,62-,63-,65+/m1/s1. The lowest BCUT2D eigenvalue weighted by Gasteiger charge is -2.42. The summed E-state index contributed by atoms with van der Waals surface area (Å²) in [6.07, 6.45) is 33.3. The summed E-state index contributed by atoms with van der Waals surface area (Å²) >= 11 is 0. The van der Waals surface area contributed by atoms with Gasteiger partial charge in [0.05, 0.1) is 19.8 Å². The molecule has 1 unspecified atom stereocenters. The molecule has 1 aliphatic rings. The minimum Gasteiger partial charge on any atom is -0.462 e. The van der Waals surface area contributed by atoms with Gasteiger partial charge in [0.1, 0.15) is 31.0 Å². The Kier molecular flexibility index (Phi) is 49.2. The highest BCUT2D eigenvalue weighted by Crippen LogP contribution is 2.45. The van der Waals surface area contributed by atoms with E-state index in [1.807, 2.05) is 0 Å². The molecule has 0 aromatic rings. The number of hydrogen-bond donors (Lipinski definition) is 6. The monoisotopic (exact) mass is 1200 g/mol. The molecule has 83 heavy (non-hydrogen) atoms. The topological polar surface area (TPSA) is 246 Å². The SMILES string of the molecule is CC(=O)N[C@H]1[C@@H](OC[C@@H](OP(=O)(O)OC[C@@H](COC(=O)CCCCCCCCCCCCCC(C)C)OC(=O)CCCCCCCCCCCCCC(C)C)C(=O)NCCCCCCCCCCCCCCC(C)C)O[C@H](CO)[C@@H](O)[C@@H]1O. The van der Waals surface area contributed by atoms with Crippen molar-refractivity contribution >= 4 is 31.6 Å². The quantitative estimate of drug-likeness (QED) is 0.0188. The third-order valence-corrected chi connectivity index (χ3v) is 16.7. The van der Waals surface area contributed by atoms with Gasteiger partial charge in [0.25, 0.3) is 5.91 Å². The number of amides is 2. The fraction of sp³-hybridized carbons (Fsp3) is 0.938. The van der Waals surface area contributed by atoms with Gasteiger partial charge in [-0.15, -0.1) is 0 Å². The molecular formula is C65H125N2O15P. The first kappa shape index (κ1) is 78.8. The molecule has 0 aliphatic carbocycles. The number of ether oxygens (including phenoxy) is 4. The molecule has 1 heterocycles. The Labute approximate surface area is 504 Å². The van der Waals surface area contributed by atoms with Crippen LogP contribution >= 0.6 is 7.82 Å². The maximum absolute atomic E-state index is 13.7. The van der Waals surface area contributed by atoms with Crippen LogP contribution in [0.3, 0.4) is 0 Å². The Balaban J connectivity index is 2.91. The van der Waals surface area contributed by atoms with E-state index in [2.05, 4.69) is 52.2 Å². The largest absolute Gasteiger partial charge is 0.473 e. The predicted octanol–water partition coefficient (Wildman–Crippen LogP) is 14.2. The summed E-state index contributed by atoms with van der Waals surface area (Å²) in [5.41, 5.74) is 0. The Morgan fingerprint density at radius 3 is 1.30 bits per heavy atom. The number of esters is 2. The number of phosphoric acid groups is 1. The van der Waals surface area contributed by atoms with Crippen molar-refractivity contribution < 1.29 is 72.0 Å². The van der Waals surface area contributed by atoms with Crippen LogP contribution in [0.5, 0.6) is 0 Å². The molecule has 0 aromatic carbocycles. The molecule has 17 nitrogen and oxygen atoms in total. The average Bonchev–Trinajstić information content (AvgIpc) is 3.61. The third-order valence-electron chi connectivity index (χ3n) is 15.7. The van der Waals surface area contributed by atoms with Crippen molar-refractivity contribution in [2.75, 3.05) is 33.0 Å². The number of carbonyl (C=O) groups excluding carboxylic acids is 4. The zero-order valence-corrected chi connectivity index (χ0v) is 54.5. The van der Waals surface area contributed by atoms with Crippen LogP contribution in [0.15, 0.2) is 0 Å². The smallest absolute Gasteiger partial charge is 0.462 e. The van der Waals surface area contributed by atoms with Gasteiger partial charge in [-0.1, -0.05) is 260 Å². The lowest BCUT2D eigenvalue weighted by Crippen LogP contribution is -2.64. The molecular weight excluding hydrogens is 1080 g/mol. The molecule has 1 rings (SSSR count). The van der Waals surface area contributed by atoms with Crippen molar-refractivity contribution in [2.45, 2.75) is 342 Å². The molecule has 1 aliphatic heterocycles. The predicted molar refractivity (Wildman–Crippen MR) is 330 cm³/mol. The molecule has 1 saturated heterocycles. The highest BCUT2D eigenvalue weighted by Gasteiger charge is 2.46. The molecule has 18 heteroatoms. The zero-order valence-electron chi connectivity index (χ0n) is 53.6. The van der Waals surface area contributed by atoms with E-state index in [4.69, 9.17) is 28.0 Å². The summed E-state index contributed by atoms with van der Waals surface area (Å²) in [4.78, 5) is 63.1. The Bertz CT molecular complexity index is 1640. The minimum absolute atomic E-state index is 0.0937. The summed E-state index contributed by atoms with van der Waals surface area (Å²) in [6.45, 7) is 12.4. The normalized spacial score (nSPS) is 18.8. The van der Waals surface area contributed by atoms with Gasteiger partial charge in [0.15, 0.2) is 18.5 Å². The van der Waals surface area contributed by atoms with E-state index < -0.39 is 101 Å². The molecule has 0 radical (unpaired) electrons. The van der Waals surface area contributed by atoms with Crippen molar-refractivity contribution in [2.24, 2.45) is 17.8 Å². The Morgan fingerprint density at radius 2 is 0.904 bits per heavy atom. The second-order valence-corrected chi connectivity index (χ2v) is 26.7. The summed E-state index contributed by atoms with van der Waals surface area (Å²) in [5, 5.41) is 36.4. The van der Waals surface area contributed by atoms with Crippen LogP contribution in [-0.2, 0) is 51.7 Å². The first-order valence-electron chi connectivity index (χ1n) is 33.6. The summed E-state index contributed by atoms with van der Waals surface area (Å²) in [5.74, 6) is -0.198. The van der Waals surface area contributed by atoms with Crippen LogP contribution in [0.25, 0.3) is 0 Å². The molecule has 0 bridgehead atoms. The maximum atomic E-state index is 13.7. The number of aliphatic hydroxyl groups is 3. The van der Waals surface area contributed by atoms with E-state index in [1.165, 1.54) is 155 Å². The lowest BCUT2D eigenvalue weighted by molar-refractivity contribution is -0.273. The van der Waals surface area contributed by atoms with E-state index in [1.54, 1.807) is 0 Å². The van der Waals surface area contributed by atoms with Crippen molar-refractivity contribution in [3.8, 4) is 0 Å². The number of nitrogens with one attached hydrogen (secondary N) is 2. The van der Waals surface area contributed by atoms with E-state index in [-0.39, 0.29) is 19.4 Å². The lowest BCUT2D eigenvalue weighted by atomic mass is 9.97. The molecule has 0 spiro atoms. The maximum Gasteiger partial charge on any atom is 0.473 e. The van der Waals surface area contributed by atoms with Crippen LogP contribution in [0.4, 0.5) is 0 Å². The number of phosphoric ester groups is 1. The number of aliphatic hydroxyl groups excluding tert-OH is 3. The van der Waals surface area contributed by atoms with Crippen LogP contribution in [-0.4, -0.2) is 120 Å². The van der Waals surface area contributed by atoms with Gasteiger partial charge in [0, 0.05) is 26.3 Å². The fourth-order valence-electron chi connectivity index (χ4n) is 10.5. The number of carbonyl (C=O) groups is 4. The van der Waals surface area contributed by atoms with Gasteiger partial charge >= 0.3 is 19.8 Å². The Hall–Kier alpha value is -2.21. The molecule has 2 amide bonds. The average molecular weight is 1210 g/mol. The summed E-state index contributed by atoms with van der Waals surface area (Å²) < 4.78 is 47.3. The van der Waals surface area contributed by atoms with Gasteiger partial charge in [-0.05, 0) is 37.0 Å². The van der Waals surface area contributed by atoms with E-state index in [0.717, 1.165) is 88.4 Å². The molecule has 0 aromatic heterocycles. The van der Waals surface area contributed by atoms with Crippen molar-refractivity contribution in [1.82, 2.24) is 10.6 Å².